The van der Waals surface area contributed by atoms with Gasteiger partial charge in [-0.2, -0.15) is 0 Å². The molecule has 0 spiro atoms. The van der Waals surface area contributed by atoms with E-state index in [9.17, 15) is 0 Å². The third-order valence-electron chi connectivity index (χ3n) is 1.41. The molecule has 0 bridgehead atoms. The van der Waals surface area contributed by atoms with E-state index in [0.29, 0.717) is 5.13 Å². The summed E-state index contributed by atoms with van der Waals surface area (Å²) in [6, 6.07) is 3.79. The third kappa shape index (κ3) is 1.88. The van der Waals surface area contributed by atoms with Crippen LogP contribution in [0.1, 0.15) is 0 Å². The highest BCUT2D eigenvalue weighted by atomic mass is 79.9. The summed E-state index contributed by atoms with van der Waals surface area (Å²) in [4.78, 5) is 5.23. The lowest BCUT2D eigenvalue weighted by Crippen LogP contribution is -1.80. The van der Waals surface area contributed by atoms with E-state index in [-0.39, 0.29) is 0 Å². The lowest BCUT2D eigenvalue weighted by molar-refractivity contribution is 1.42. The second kappa shape index (κ2) is 3.57. The molecule has 0 fully saturated rings. The van der Waals surface area contributed by atoms with Crippen LogP contribution >= 0.6 is 50.2 Å². The van der Waals surface area contributed by atoms with E-state index in [1.807, 2.05) is 12.1 Å². The number of nitrogen functional groups attached to an aromatic ring is 1. The molecule has 2 aromatic rings. The zero-order valence-corrected chi connectivity index (χ0v) is 10.2. The molecule has 0 aliphatic carbocycles. The van der Waals surface area contributed by atoms with Gasteiger partial charge in [-0.1, -0.05) is 22.9 Å². The molecule has 0 aliphatic heterocycles. The maximum absolute atomic E-state index is 5.82. The molecule has 0 unspecified atom stereocenters. The van der Waals surface area contributed by atoms with Crippen LogP contribution in [0, 0.1) is 0 Å². The highest BCUT2D eigenvalue weighted by molar-refractivity contribution is 9.11. The van der Waals surface area contributed by atoms with Crippen LogP contribution in [0.2, 0.25) is 4.34 Å². The topological polar surface area (TPSA) is 38.9 Å². The maximum Gasteiger partial charge on any atom is 0.181 e. The van der Waals surface area contributed by atoms with Crippen LogP contribution in [0.25, 0.3) is 10.6 Å². The standard InChI is InChI=1S/C7H4BrClN2S2/c8-6-5(11-7(10)13-6)3-1-2-4(9)12-3/h1-2H,(H2,10,11). The van der Waals surface area contributed by atoms with Crippen molar-refractivity contribution in [2.45, 2.75) is 0 Å². The molecule has 0 atom stereocenters. The van der Waals surface area contributed by atoms with Crippen molar-refractivity contribution in [1.82, 2.24) is 4.98 Å². The number of thiophene rings is 1. The quantitative estimate of drug-likeness (QED) is 0.867. The van der Waals surface area contributed by atoms with Gasteiger partial charge in [0.25, 0.3) is 0 Å². The normalized spacial score (nSPS) is 10.6. The van der Waals surface area contributed by atoms with E-state index in [1.54, 1.807) is 0 Å². The predicted molar refractivity (Wildman–Crippen MR) is 62.5 cm³/mol. The number of thiazole rings is 1. The maximum atomic E-state index is 5.82. The van der Waals surface area contributed by atoms with Crippen LogP contribution in [-0.4, -0.2) is 4.98 Å². The molecular formula is C7H4BrClN2S2. The van der Waals surface area contributed by atoms with Gasteiger partial charge in [-0.05, 0) is 28.1 Å². The minimum Gasteiger partial charge on any atom is -0.375 e. The van der Waals surface area contributed by atoms with E-state index < -0.39 is 0 Å². The monoisotopic (exact) mass is 294 g/mol. The van der Waals surface area contributed by atoms with E-state index in [1.165, 1.54) is 22.7 Å². The first-order valence-electron chi connectivity index (χ1n) is 3.34. The van der Waals surface area contributed by atoms with E-state index in [0.717, 1.165) is 18.7 Å². The van der Waals surface area contributed by atoms with Crippen LogP contribution in [0.4, 0.5) is 5.13 Å². The fourth-order valence-electron chi connectivity index (χ4n) is 0.911. The van der Waals surface area contributed by atoms with Crippen molar-refractivity contribution in [2.75, 3.05) is 5.73 Å². The second-order valence-corrected chi connectivity index (χ2v) is 6.34. The van der Waals surface area contributed by atoms with Gasteiger partial charge in [0.05, 0.1) is 9.21 Å². The van der Waals surface area contributed by atoms with Gasteiger partial charge in [-0.15, -0.1) is 11.3 Å². The summed E-state index contributed by atoms with van der Waals surface area (Å²) in [5.74, 6) is 0. The first kappa shape index (κ1) is 9.45. The molecule has 0 aromatic carbocycles. The van der Waals surface area contributed by atoms with Gasteiger partial charge in [-0.25, -0.2) is 4.98 Å². The molecule has 2 aromatic heterocycles. The van der Waals surface area contributed by atoms with E-state index >= 15 is 0 Å². The van der Waals surface area contributed by atoms with Crippen LogP contribution in [0.15, 0.2) is 15.9 Å². The molecule has 2 nitrogen and oxygen atoms in total. The van der Waals surface area contributed by atoms with Crippen molar-refractivity contribution in [3.8, 4) is 10.6 Å². The largest absolute Gasteiger partial charge is 0.375 e. The van der Waals surface area contributed by atoms with Gasteiger partial charge in [-0.3, -0.25) is 0 Å². The Morgan fingerprint density at radius 1 is 1.38 bits per heavy atom. The van der Waals surface area contributed by atoms with Crippen molar-refractivity contribution >= 4 is 55.3 Å². The number of anilines is 1. The van der Waals surface area contributed by atoms with E-state index in [2.05, 4.69) is 20.9 Å². The Morgan fingerprint density at radius 2 is 2.15 bits per heavy atom. The van der Waals surface area contributed by atoms with Crippen LogP contribution in [0.3, 0.4) is 0 Å². The Morgan fingerprint density at radius 3 is 2.62 bits per heavy atom. The highest BCUT2D eigenvalue weighted by Gasteiger charge is 2.10. The smallest absolute Gasteiger partial charge is 0.181 e. The molecular weight excluding hydrogens is 292 g/mol. The zero-order valence-electron chi connectivity index (χ0n) is 6.25. The highest BCUT2D eigenvalue weighted by Crippen LogP contribution is 2.38. The molecule has 13 heavy (non-hydrogen) atoms. The Labute approximate surface area is 96.5 Å². The summed E-state index contributed by atoms with van der Waals surface area (Å²) >= 11 is 12.1. The Hall–Kier alpha value is -0.100. The number of rotatable bonds is 1. The minimum absolute atomic E-state index is 0.561. The molecule has 0 amide bonds. The Bertz CT molecular complexity index is 437. The number of aromatic nitrogens is 1. The number of nitrogens with zero attached hydrogens (tertiary/aromatic N) is 1. The molecule has 68 valence electrons. The van der Waals surface area contributed by atoms with Crippen molar-refractivity contribution in [3.63, 3.8) is 0 Å². The van der Waals surface area contributed by atoms with Gasteiger partial charge in [0, 0.05) is 0 Å². The average Bonchev–Trinajstić information content (AvgIpc) is 2.58. The minimum atomic E-state index is 0.561. The summed E-state index contributed by atoms with van der Waals surface area (Å²) in [5.41, 5.74) is 6.45. The van der Waals surface area contributed by atoms with Gasteiger partial charge in [0.1, 0.15) is 9.48 Å². The lowest BCUT2D eigenvalue weighted by atomic mass is 10.4. The van der Waals surface area contributed by atoms with Crippen molar-refractivity contribution in [1.29, 1.82) is 0 Å². The SMILES string of the molecule is Nc1nc(-c2ccc(Cl)s2)c(Br)s1. The van der Waals surface area contributed by atoms with E-state index in [4.69, 9.17) is 17.3 Å². The van der Waals surface area contributed by atoms with Crippen molar-refractivity contribution in [3.05, 3.63) is 20.3 Å². The summed E-state index contributed by atoms with van der Waals surface area (Å²) in [6.07, 6.45) is 0. The summed E-state index contributed by atoms with van der Waals surface area (Å²) in [7, 11) is 0. The Kier molecular flexibility index (Phi) is 2.60. The van der Waals surface area contributed by atoms with Crippen molar-refractivity contribution in [2.24, 2.45) is 0 Å². The number of hydrogen-bond acceptors (Lipinski definition) is 4. The Balaban J connectivity index is 2.51. The van der Waals surface area contributed by atoms with Crippen LogP contribution < -0.4 is 5.73 Å². The fraction of sp³-hybridized carbons (Fsp3) is 0. The summed E-state index contributed by atoms with van der Waals surface area (Å²) in [5, 5.41) is 0.561. The lowest BCUT2D eigenvalue weighted by Gasteiger charge is -1.88. The summed E-state index contributed by atoms with van der Waals surface area (Å²) < 4.78 is 1.71. The second-order valence-electron chi connectivity index (χ2n) is 2.28. The van der Waals surface area contributed by atoms with Crippen LogP contribution in [-0.2, 0) is 0 Å². The molecule has 0 aliphatic rings. The van der Waals surface area contributed by atoms with Crippen molar-refractivity contribution < 1.29 is 0 Å². The molecule has 2 rings (SSSR count). The van der Waals surface area contributed by atoms with Gasteiger partial charge >= 0.3 is 0 Å². The number of hydrogen-bond donors (Lipinski definition) is 1. The molecule has 2 N–H and O–H groups in total. The van der Waals surface area contributed by atoms with Gasteiger partial charge < -0.3 is 5.73 Å². The summed E-state index contributed by atoms with van der Waals surface area (Å²) in [6.45, 7) is 0. The first-order valence-corrected chi connectivity index (χ1v) is 6.14. The molecule has 0 radical (unpaired) electrons. The first-order chi connectivity index (χ1) is 6.16. The molecule has 2 heterocycles. The number of nitrogens with two attached hydrogens (primary N) is 1. The fourth-order valence-corrected chi connectivity index (χ4v) is 3.52. The number of halogens is 2. The van der Waals surface area contributed by atoms with Crippen LogP contribution in [0.5, 0.6) is 0 Å². The third-order valence-corrected chi connectivity index (χ3v) is 4.18. The zero-order chi connectivity index (χ0) is 9.42. The molecule has 0 saturated carbocycles. The molecule has 6 heteroatoms. The van der Waals surface area contributed by atoms with Gasteiger partial charge in [0.15, 0.2) is 5.13 Å². The predicted octanol–water partition coefficient (Wildman–Crippen LogP) is 3.87. The molecule has 0 saturated heterocycles. The van der Waals surface area contributed by atoms with Gasteiger partial charge in [0.2, 0.25) is 0 Å². The average molecular weight is 296 g/mol.